The highest BCUT2D eigenvalue weighted by molar-refractivity contribution is 5.67. The molecule has 1 amide bonds. The number of carbonyl (C=O) groups excluding carboxylic acids is 1. The van der Waals surface area contributed by atoms with E-state index in [-0.39, 0.29) is 18.0 Å². The fourth-order valence-corrected chi connectivity index (χ4v) is 2.69. The van der Waals surface area contributed by atoms with Gasteiger partial charge in [-0.3, -0.25) is 0 Å². The van der Waals surface area contributed by atoms with E-state index in [9.17, 15) is 18.0 Å². The van der Waals surface area contributed by atoms with Crippen LogP contribution in [-0.4, -0.2) is 34.4 Å². The average Bonchev–Trinajstić information content (AvgIpc) is 2.85. The van der Waals surface area contributed by atoms with Crippen molar-refractivity contribution in [1.82, 2.24) is 15.3 Å². The van der Waals surface area contributed by atoms with Crippen LogP contribution in [0.15, 0.2) is 12.4 Å². The van der Waals surface area contributed by atoms with Crippen molar-refractivity contribution in [1.29, 1.82) is 0 Å². The number of alkyl carbamates (subject to hydrolysis) is 1. The molecule has 2 unspecified atom stereocenters. The molecule has 23 heavy (non-hydrogen) atoms. The van der Waals surface area contributed by atoms with E-state index in [0.29, 0.717) is 12.8 Å². The summed E-state index contributed by atoms with van der Waals surface area (Å²) in [5, 5.41) is 2.20. The Kier molecular flexibility index (Phi) is 5.27. The van der Waals surface area contributed by atoms with Crippen LogP contribution in [-0.2, 0) is 4.74 Å². The third-order valence-corrected chi connectivity index (χ3v) is 3.72. The fourth-order valence-electron chi connectivity index (χ4n) is 2.69. The van der Waals surface area contributed by atoms with Crippen molar-refractivity contribution in [2.75, 3.05) is 5.73 Å². The average molecular weight is 332 g/mol. The van der Waals surface area contributed by atoms with Crippen LogP contribution >= 0.6 is 0 Å². The van der Waals surface area contributed by atoms with Gasteiger partial charge in [0.15, 0.2) is 0 Å². The number of hydrogen-bond donors (Lipinski definition) is 2. The molecule has 0 aromatic carbocycles. The summed E-state index contributed by atoms with van der Waals surface area (Å²) in [4.78, 5) is 19.5. The molecule has 0 radical (unpaired) electrons. The minimum atomic E-state index is -4.32. The molecule has 0 saturated heterocycles. The number of nitrogen functional groups attached to an aromatic ring is 1. The largest absolute Gasteiger partial charge is 0.446 e. The molecule has 3 atom stereocenters. The van der Waals surface area contributed by atoms with Crippen LogP contribution in [0.5, 0.6) is 0 Å². The Bertz CT molecular complexity index is 536. The molecule has 6 nitrogen and oxygen atoms in total. The van der Waals surface area contributed by atoms with E-state index in [1.165, 1.54) is 6.92 Å². The van der Waals surface area contributed by atoms with Gasteiger partial charge in [-0.15, -0.1) is 0 Å². The maximum Gasteiger partial charge on any atom is 0.407 e. The van der Waals surface area contributed by atoms with Crippen LogP contribution in [0.4, 0.5) is 23.9 Å². The number of hydrogen-bond acceptors (Lipinski definition) is 5. The summed E-state index contributed by atoms with van der Waals surface area (Å²) in [6.45, 7) is 1.29. The number of amides is 1. The third kappa shape index (κ3) is 5.57. The molecule has 1 aliphatic carbocycles. The van der Waals surface area contributed by atoms with Gasteiger partial charge in [-0.2, -0.15) is 13.2 Å². The Morgan fingerprint density at radius 3 is 2.70 bits per heavy atom. The second kappa shape index (κ2) is 7.01. The first-order valence-corrected chi connectivity index (χ1v) is 7.34. The third-order valence-electron chi connectivity index (χ3n) is 3.72. The molecule has 1 fully saturated rings. The zero-order valence-electron chi connectivity index (χ0n) is 12.6. The smallest absolute Gasteiger partial charge is 0.407 e. The number of halogens is 3. The summed E-state index contributed by atoms with van der Waals surface area (Å²) >= 11 is 0. The van der Waals surface area contributed by atoms with Crippen molar-refractivity contribution in [2.24, 2.45) is 0 Å². The Morgan fingerprint density at radius 2 is 2.09 bits per heavy atom. The second-order valence-electron chi connectivity index (χ2n) is 5.78. The van der Waals surface area contributed by atoms with Gasteiger partial charge in [0.2, 0.25) is 5.95 Å². The molecule has 2 rings (SSSR count). The first-order valence-electron chi connectivity index (χ1n) is 7.34. The van der Waals surface area contributed by atoms with Crippen LogP contribution in [0, 0.1) is 0 Å². The summed E-state index contributed by atoms with van der Waals surface area (Å²) in [7, 11) is 0. The predicted molar refractivity (Wildman–Crippen MR) is 76.6 cm³/mol. The molecule has 0 spiro atoms. The summed E-state index contributed by atoms with van der Waals surface area (Å²) < 4.78 is 41.8. The number of aromatic nitrogens is 2. The van der Waals surface area contributed by atoms with Crippen LogP contribution in [0.3, 0.4) is 0 Å². The number of carbonyl (C=O) groups is 1. The molecule has 9 heteroatoms. The van der Waals surface area contributed by atoms with Crippen molar-refractivity contribution in [3.63, 3.8) is 0 Å². The van der Waals surface area contributed by atoms with E-state index in [0.717, 1.165) is 12.0 Å². The molecule has 1 aromatic rings. The van der Waals surface area contributed by atoms with E-state index < -0.39 is 24.7 Å². The van der Waals surface area contributed by atoms with Gasteiger partial charge in [-0.25, -0.2) is 14.8 Å². The van der Waals surface area contributed by atoms with Gasteiger partial charge in [-0.05, 0) is 37.7 Å². The van der Waals surface area contributed by atoms with Crippen molar-refractivity contribution in [3.05, 3.63) is 18.0 Å². The number of alkyl halides is 3. The van der Waals surface area contributed by atoms with Crippen LogP contribution in [0.25, 0.3) is 0 Å². The topological polar surface area (TPSA) is 90.1 Å². The van der Waals surface area contributed by atoms with E-state index >= 15 is 0 Å². The van der Waals surface area contributed by atoms with Crippen molar-refractivity contribution in [3.8, 4) is 0 Å². The highest BCUT2D eigenvalue weighted by Gasteiger charge is 2.32. The molecule has 1 heterocycles. The zero-order valence-corrected chi connectivity index (χ0v) is 12.6. The van der Waals surface area contributed by atoms with Gasteiger partial charge in [-0.1, -0.05) is 0 Å². The summed E-state index contributed by atoms with van der Waals surface area (Å²) in [6.07, 6.45) is -1.23. The minimum Gasteiger partial charge on any atom is -0.446 e. The molecule has 128 valence electrons. The fraction of sp³-hybridized carbons (Fsp3) is 0.643. The lowest BCUT2D eigenvalue weighted by molar-refractivity contribution is -0.138. The monoisotopic (exact) mass is 332 g/mol. The Labute approximate surface area is 131 Å². The molecule has 3 N–H and O–H groups in total. The van der Waals surface area contributed by atoms with E-state index in [1.807, 2.05) is 0 Å². The second-order valence-corrected chi connectivity index (χ2v) is 5.78. The SMILES string of the molecule is C[C@@H](CC(F)(F)F)NC(=O)OC1CCC(c2cnc(N)nc2)C1. The van der Waals surface area contributed by atoms with Crippen LogP contribution in [0.1, 0.15) is 44.1 Å². The molecule has 1 saturated carbocycles. The van der Waals surface area contributed by atoms with Crippen molar-refractivity contribution < 1.29 is 22.7 Å². The normalized spacial score (nSPS) is 22.6. The van der Waals surface area contributed by atoms with Crippen molar-refractivity contribution in [2.45, 2.75) is 56.8 Å². The molecular formula is C14H19F3N4O2. The standard InChI is InChI=1S/C14H19F3N4O2/c1-8(5-14(15,16)17)21-13(22)23-11-3-2-9(4-11)10-6-19-12(18)20-7-10/h6-9,11H,2-5H2,1H3,(H,21,22)(H2,18,19,20)/t8-,9?,11?/m0/s1. The van der Waals surface area contributed by atoms with E-state index in [2.05, 4.69) is 15.3 Å². The van der Waals surface area contributed by atoms with E-state index in [1.54, 1.807) is 12.4 Å². The van der Waals surface area contributed by atoms with Crippen molar-refractivity contribution >= 4 is 12.0 Å². The molecular weight excluding hydrogens is 313 g/mol. The Balaban J connectivity index is 1.78. The molecule has 1 aliphatic rings. The quantitative estimate of drug-likeness (QED) is 0.885. The number of anilines is 1. The van der Waals surface area contributed by atoms with Gasteiger partial charge >= 0.3 is 12.3 Å². The number of rotatable bonds is 4. The molecule has 1 aromatic heterocycles. The lowest BCUT2D eigenvalue weighted by Crippen LogP contribution is -2.37. The van der Waals surface area contributed by atoms with Gasteiger partial charge in [0.25, 0.3) is 0 Å². The summed E-state index contributed by atoms with van der Waals surface area (Å²) in [6, 6.07) is -1.02. The maximum absolute atomic E-state index is 12.2. The van der Waals surface area contributed by atoms with Crippen LogP contribution in [0.2, 0.25) is 0 Å². The van der Waals surface area contributed by atoms with Gasteiger partial charge in [0, 0.05) is 18.4 Å². The summed E-state index contributed by atoms with van der Waals surface area (Å²) in [5.74, 6) is 0.346. The number of nitrogens with one attached hydrogen (secondary N) is 1. The van der Waals surface area contributed by atoms with Gasteiger partial charge < -0.3 is 15.8 Å². The first kappa shape index (κ1) is 17.3. The lowest BCUT2D eigenvalue weighted by Gasteiger charge is -2.18. The van der Waals surface area contributed by atoms with Crippen LogP contribution < -0.4 is 11.1 Å². The van der Waals surface area contributed by atoms with E-state index in [4.69, 9.17) is 10.5 Å². The lowest BCUT2D eigenvalue weighted by atomic mass is 10.0. The molecule has 0 aliphatic heterocycles. The molecule has 0 bridgehead atoms. The number of nitrogens with zero attached hydrogens (tertiary/aromatic N) is 2. The highest BCUT2D eigenvalue weighted by atomic mass is 19.4. The minimum absolute atomic E-state index is 0.154. The summed E-state index contributed by atoms with van der Waals surface area (Å²) in [5.41, 5.74) is 6.34. The number of nitrogens with two attached hydrogens (primary N) is 1. The Morgan fingerprint density at radius 1 is 1.43 bits per heavy atom. The Hall–Kier alpha value is -2.06. The predicted octanol–water partition coefficient (Wildman–Crippen LogP) is 2.76. The maximum atomic E-state index is 12.2. The van der Waals surface area contributed by atoms with Gasteiger partial charge in [0.1, 0.15) is 6.10 Å². The van der Waals surface area contributed by atoms with Gasteiger partial charge in [0.05, 0.1) is 6.42 Å². The number of ether oxygens (including phenoxy) is 1. The highest BCUT2D eigenvalue weighted by Crippen LogP contribution is 2.35. The first-order chi connectivity index (χ1) is 10.7. The zero-order chi connectivity index (χ0) is 17.0.